The lowest BCUT2D eigenvalue weighted by Crippen LogP contribution is -2.20. The van der Waals surface area contributed by atoms with Crippen molar-refractivity contribution >= 4 is 11.6 Å². The standard InChI is InChI=1S/C18H19N3O/c19-10-9-17(22)21-18-15-8-4-3-6-13(15)12-5-1-2-7-14(12)16(18)11-20/h1-9H2,(H,21,22). The molecule has 0 spiro atoms. The number of amides is 1. The summed E-state index contributed by atoms with van der Waals surface area (Å²) >= 11 is 0. The third-order valence-corrected chi connectivity index (χ3v) is 4.77. The number of hydrogen-bond donors (Lipinski definition) is 1. The van der Waals surface area contributed by atoms with Crippen molar-refractivity contribution in [2.45, 2.75) is 57.8 Å². The maximum absolute atomic E-state index is 11.9. The molecule has 22 heavy (non-hydrogen) atoms. The van der Waals surface area contributed by atoms with Crippen LogP contribution in [0, 0.1) is 22.7 Å². The first-order valence-corrected chi connectivity index (χ1v) is 8.02. The Morgan fingerprint density at radius 3 is 2.05 bits per heavy atom. The highest BCUT2D eigenvalue weighted by Gasteiger charge is 2.27. The van der Waals surface area contributed by atoms with Crippen LogP contribution in [0.1, 0.15) is 59.9 Å². The Balaban J connectivity index is 2.17. The second-order valence-corrected chi connectivity index (χ2v) is 6.07. The first-order chi connectivity index (χ1) is 10.8. The molecule has 112 valence electrons. The molecule has 0 radical (unpaired) electrons. The fourth-order valence-corrected chi connectivity index (χ4v) is 3.85. The van der Waals surface area contributed by atoms with Crippen LogP contribution in [0.3, 0.4) is 0 Å². The number of fused-ring (bicyclic) bond motifs is 3. The predicted octanol–water partition coefficient (Wildman–Crippen LogP) is 3.17. The number of anilines is 1. The van der Waals surface area contributed by atoms with E-state index in [1.54, 1.807) is 0 Å². The Labute approximate surface area is 130 Å². The average molecular weight is 293 g/mol. The van der Waals surface area contributed by atoms with E-state index in [1.165, 1.54) is 24.0 Å². The Hall–Kier alpha value is -2.33. The lowest BCUT2D eigenvalue weighted by Gasteiger charge is -2.29. The minimum absolute atomic E-state index is 0.170. The van der Waals surface area contributed by atoms with E-state index in [2.05, 4.69) is 11.4 Å². The summed E-state index contributed by atoms with van der Waals surface area (Å²) < 4.78 is 0. The van der Waals surface area contributed by atoms with E-state index < -0.39 is 0 Å². The van der Waals surface area contributed by atoms with Gasteiger partial charge in [-0.15, -0.1) is 0 Å². The van der Waals surface area contributed by atoms with Crippen LogP contribution < -0.4 is 5.32 Å². The Morgan fingerprint density at radius 2 is 1.45 bits per heavy atom. The third-order valence-electron chi connectivity index (χ3n) is 4.77. The van der Waals surface area contributed by atoms with Crippen molar-refractivity contribution in [3.05, 3.63) is 27.8 Å². The van der Waals surface area contributed by atoms with Gasteiger partial charge in [-0.2, -0.15) is 10.5 Å². The van der Waals surface area contributed by atoms with Crippen LogP contribution in [0.2, 0.25) is 0 Å². The number of nitrogens with one attached hydrogen (secondary N) is 1. The zero-order valence-corrected chi connectivity index (χ0v) is 12.7. The van der Waals surface area contributed by atoms with Crippen LogP contribution >= 0.6 is 0 Å². The second-order valence-electron chi connectivity index (χ2n) is 6.07. The number of nitrogens with zero attached hydrogens (tertiary/aromatic N) is 2. The Bertz CT molecular complexity index is 707. The van der Waals surface area contributed by atoms with E-state index in [9.17, 15) is 10.1 Å². The number of hydrogen-bond acceptors (Lipinski definition) is 3. The van der Waals surface area contributed by atoms with E-state index in [1.807, 2.05) is 6.07 Å². The number of carbonyl (C=O) groups excluding carboxylic acids is 1. The van der Waals surface area contributed by atoms with Crippen LogP contribution in [-0.2, 0) is 30.5 Å². The smallest absolute Gasteiger partial charge is 0.238 e. The van der Waals surface area contributed by atoms with E-state index in [-0.39, 0.29) is 12.3 Å². The summed E-state index contributed by atoms with van der Waals surface area (Å²) in [7, 11) is 0. The van der Waals surface area contributed by atoms with Gasteiger partial charge in [0.15, 0.2) is 0 Å². The van der Waals surface area contributed by atoms with Crippen molar-refractivity contribution in [3.8, 4) is 12.1 Å². The second kappa shape index (κ2) is 6.20. The molecule has 2 aliphatic carbocycles. The molecule has 0 aromatic heterocycles. The van der Waals surface area contributed by atoms with Gasteiger partial charge in [-0.05, 0) is 73.6 Å². The molecule has 2 aliphatic rings. The van der Waals surface area contributed by atoms with Crippen molar-refractivity contribution < 1.29 is 4.79 Å². The Morgan fingerprint density at radius 1 is 0.909 bits per heavy atom. The van der Waals surface area contributed by atoms with E-state index in [0.29, 0.717) is 11.3 Å². The molecule has 0 bridgehead atoms. The fourth-order valence-electron chi connectivity index (χ4n) is 3.85. The molecule has 1 aromatic carbocycles. The highest BCUT2D eigenvalue weighted by Crippen LogP contribution is 2.39. The lowest BCUT2D eigenvalue weighted by atomic mass is 9.77. The summed E-state index contributed by atoms with van der Waals surface area (Å²) in [5.41, 5.74) is 6.36. The average Bonchev–Trinajstić information content (AvgIpc) is 2.55. The molecule has 0 unspecified atom stereocenters. The number of rotatable bonds is 2. The summed E-state index contributed by atoms with van der Waals surface area (Å²) in [4.78, 5) is 11.9. The maximum atomic E-state index is 11.9. The summed E-state index contributed by atoms with van der Waals surface area (Å²) in [6, 6.07) is 4.20. The predicted molar refractivity (Wildman–Crippen MR) is 83.3 cm³/mol. The van der Waals surface area contributed by atoms with Gasteiger partial charge < -0.3 is 5.32 Å². The highest BCUT2D eigenvalue weighted by molar-refractivity contribution is 5.95. The quantitative estimate of drug-likeness (QED) is 0.909. The van der Waals surface area contributed by atoms with Crippen molar-refractivity contribution in [2.75, 3.05) is 5.32 Å². The minimum Gasteiger partial charge on any atom is -0.324 e. The highest BCUT2D eigenvalue weighted by atomic mass is 16.1. The molecule has 1 amide bonds. The fraction of sp³-hybridized carbons (Fsp3) is 0.500. The lowest BCUT2D eigenvalue weighted by molar-refractivity contribution is -0.115. The van der Waals surface area contributed by atoms with E-state index in [0.717, 1.165) is 49.7 Å². The first-order valence-electron chi connectivity index (χ1n) is 8.02. The monoisotopic (exact) mass is 293 g/mol. The van der Waals surface area contributed by atoms with Gasteiger partial charge in [-0.1, -0.05) is 0 Å². The largest absolute Gasteiger partial charge is 0.324 e. The molecule has 0 saturated carbocycles. The zero-order chi connectivity index (χ0) is 15.5. The number of carbonyl (C=O) groups is 1. The molecule has 0 heterocycles. The van der Waals surface area contributed by atoms with E-state index >= 15 is 0 Å². The van der Waals surface area contributed by atoms with Gasteiger partial charge in [0.1, 0.15) is 12.5 Å². The summed E-state index contributed by atoms with van der Waals surface area (Å²) in [5, 5.41) is 21.2. The zero-order valence-electron chi connectivity index (χ0n) is 12.7. The summed E-state index contributed by atoms with van der Waals surface area (Å²) in [5.74, 6) is -0.317. The van der Waals surface area contributed by atoms with Gasteiger partial charge in [-0.25, -0.2) is 0 Å². The summed E-state index contributed by atoms with van der Waals surface area (Å²) in [6.45, 7) is 0. The van der Waals surface area contributed by atoms with Crippen molar-refractivity contribution in [1.29, 1.82) is 10.5 Å². The molecular formula is C18H19N3O. The van der Waals surface area contributed by atoms with Gasteiger partial charge in [0, 0.05) is 0 Å². The molecule has 4 heteroatoms. The SMILES string of the molecule is N#CCC(=O)Nc1c(C#N)c2c(c3c1CCCC3)CCCC2. The van der Waals surface area contributed by atoms with Crippen molar-refractivity contribution in [2.24, 2.45) is 0 Å². The minimum atomic E-state index is -0.317. The van der Waals surface area contributed by atoms with Crippen molar-refractivity contribution in [3.63, 3.8) is 0 Å². The third kappa shape index (κ3) is 2.46. The molecule has 1 aromatic rings. The van der Waals surface area contributed by atoms with Gasteiger partial charge in [-0.3, -0.25) is 4.79 Å². The van der Waals surface area contributed by atoms with Crippen LogP contribution in [0.15, 0.2) is 0 Å². The Kier molecular flexibility index (Phi) is 4.11. The van der Waals surface area contributed by atoms with Crippen LogP contribution in [0.4, 0.5) is 5.69 Å². The van der Waals surface area contributed by atoms with Crippen LogP contribution in [0.5, 0.6) is 0 Å². The molecule has 0 fully saturated rings. The first kappa shape index (κ1) is 14.6. The molecule has 1 N–H and O–H groups in total. The van der Waals surface area contributed by atoms with Gasteiger partial charge in [0.05, 0.1) is 17.3 Å². The van der Waals surface area contributed by atoms with Gasteiger partial charge in [0.2, 0.25) is 5.91 Å². The van der Waals surface area contributed by atoms with Crippen LogP contribution in [0.25, 0.3) is 0 Å². The van der Waals surface area contributed by atoms with Gasteiger partial charge in [0.25, 0.3) is 0 Å². The van der Waals surface area contributed by atoms with Gasteiger partial charge >= 0.3 is 0 Å². The molecule has 4 nitrogen and oxygen atoms in total. The molecule has 3 rings (SSSR count). The normalized spacial score (nSPS) is 15.9. The molecule has 0 aliphatic heterocycles. The topological polar surface area (TPSA) is 76.7 Å². The maximum Gasteiger partial charge on any atom is 0.238 e. The van der Waals surface area contributed by atoms with Crippen molar-refractivity contribution in [1.82, 2.24) is 0 Å². The van der Waals surface area contributed by atoms with E-state index in [4.69, 9.17) is 5.26 Å². The number of nitriles is 2. The molecule has 0 saturated heterocycles. The summed E-state index contributed by atoms with van der Waals surface area (Å²) in [6.07, 6.45) is 8.33. The number of benzene rings is 1. The molecule has 0 atom stereocenters. The molecular weight excluding hydrogens is 274 g/mol. The van der Waals surface area contributed by atoms with Crippen LogP contribution in [-0.4, -0.2) is 5.91 Å².